The van der Waals surface area contributed by atoms with Crippen LogP contribution in [0.4, 0.5) is 0 Å². The molecule has 0 spiro atoms. The van der Waals surface area contributed by atoms with Crippen molar-refractivity contribution in [2.45, 2.75) is 6.42 Å². The summed E-state index contributed by atoms with van der Waals surface area (Å²) in [7, 11) is 3.77. The lowest BCUT2D eigenvalue weighted by molar-refractivity contribution is -0.821. The Morgan fingerprint density at radius 1 is 1.73 bits per heavy atom. The van der Waals surface area contributed by atoms with Gasteiger partial charge in [-0.05, 0) is 6.08 Å². The third kappa shape index (κ3) is 4.35. The summed E-state index contributed by atoms with van der Waals surface area (Å²) in [6.45, 7) is 4.05. The van der Waals surface area contributed by atoms with E-state index in [1.54, 1.807) is 0 Å². The van der Waals surface area contributed by atoms with Crippen molar-refractivity contribution in [3.63, 3.8) is 0 Å². The van der Waals surface area contributed by atoms with Crippen LogP contribution in [0.15, 0.2) is 12.7 Å². The van der Waals surface area contributed by atoms with Crippen LogP contribution in [-0.4, -0.2) is 30.9 Å². The van der Waals surface area contributed by atoms with Gasteiger partial charge in [0.25, 0.3) is 0 Å². The highest BCUT2D eigenvalue weighted by Gasteiger charge is 2.12. The lowest BCUT2D eigenvalue weighted by Crippen LogP contribution is -2.35. The van der Waals surface area contributed by atoms with Gasteiger partial charge in [0.1, 0.15) is 6.04 Å². The van der Waals surface area contributed by atoms with E-state index >= 15 is 0 Å². The van der Waals surface area contributed by atoms with Crippen molar-refractivity contribution < 1.29 is 9.28 Å². The zero-order valence-corrected chi connectivity index (χ0v) is 7.13. The summed E-state index contributed by atoms with van der Waals surface area (Å²) in [5.41, 5.74) is 0. The third-order valence-electron chi connectivity index (χ3n) is 1.49. The quantitative estimate of drug-likeness (QED) is 0.331. The number of rotatable bonds is 4. The fourth-order valence-corrected chi connectivity index (χ4v) is 0.556. The molecule has 0 N–H and O–H groups in total. The maximum Gasteiger partial charge on any atom is 0.160 e. The summed E-state index contributed by atoms with van der Waals surface area (Å²) in [5, 5.41) is 0. The molecule has 11 heavy (non-hydrogen) atoms. The van der Waals surface area contributed by atoms with E-state index in [9.17, 15) is 4.79 Å². The van der Waals surface area contributed by atoms with E-state index in [0.717, 1.165) is 0 Å². The van der Waals surface area contributed by atoms with Gasteiger partial charge in [-0.25, -0.2) is 0 Å². The molecule has 0 rings (SSSR count). The average molecular weight is 152 g/mol. The molecule has 0 bridgehead atoms. The van der Waals surface area contributed by atoms with Gasteiger partial charge in [-0.1, -0.05) is 13.0 Å². The maximum atomic E-state index is 10.8. The van der Waals surface area contributed by atoms with Crippen LogP contribution in [0.3, 0.4) is 0 Å². The van der Waals surface area contributed by atoms with E-state index in [4.69, 9.17) is 6.42 Å². The van der Waals surface area contributed by atoms with Gasteiger partial charge >= 0.3 is 0 Å². The molecule has 2 heteroatoms. The molecule has 0 heterocycles. The number of ketones is 1. The first-order valence-electron chi connectivity index (χ1n) is 3.48. The van der Waals surface area contributed by atoms with Crippen molar-refractivity contribution in [3.8, 4) is 12.5 Å². The third-order valence-corrected chi connectivity index (χ3v) is 1.49. The fraction of sp³-hybridized carbons (Fsp3) is 0.444. The normalized spacial score (nSPS) is 10.3. The van der Waals surface area contributed by atoms with Gasteiger partial charge in [-0.3, -0.25) is 9.28 Å². The molecule has 0 aromatic heterocycles. The molecule has 0 unspecified atom stereocenters. The van der Waals surface area contributed by atoms with Gasteiger partial charge in [-0.2, -0.15) is 0 Å². The number of allylic oxidation sites excluding steroid dienone is 1. The second-order valence-electron chi connectivity index (χ2n) is 2.96. The Hall–Kier alpha value is -1.07. The molecule has 0 fully saturated rings. The molecule has 0 aliphatic rings. The van der Waals surface area contributed by atoms with E-state index < -0.39 is 0 Å². The number of carbonyl (C=O) groups excluding carboxylic acids is 1. The summed E-state index contributed by atoms with van der Waals surface area (Å²) < 4.78 is 0.430. The zero-order chi connectivity index (χ0) is 8.91. The summed E-state index contributed by atoms with van der Waals surface area (Å²) in [6, 6.07) is 2.57. The predicted octanol–water partition coefficient (Wildman–Crippen LogP) is 0.799. The monoisotopic (exact) mass is 152 g/mol. The van der Waals surface area contributed by atoms with Gasteiger partial charge in [-0.15, -0.1) is 0 Å². The van der Waals surface area contributed by atoms with E-state index in [2.05, 4.69) is 12.6 Å². The molecule has 0 aromatic carbocycles. The van der Waals surface area contributed by atoms with Gasteiger partial charge in [0.05, 0.1) is 27.1 Å². The summed E-state index contributed by atoms with van der Waals surface area (Å²) in [5.74, 6) is 0.0476. The topological polar surface area (TPSA) is 17.1 Å². The minimum Gasteiger partial charge on any atom is -0.295 e. The van der Waals surface area contributed by atoms with Crippen LogP contribution in [0, 0.1) is 12.5 Å². The molecule has 60 valence electrons. The summed E-state index contributed by atoms with van der Waals surface area (Å²) in [4.78, 5) is 10.8. The molecule has 0 saturated carbocycles. The van der Waals surface area contributed by atoms with E-state index in [1.807, 2.05) is 14.1 Å². The van der Waals surface area contributed by atoms with Crippen LogP contribution in [0.25, 0.3) is 0 Å². The van der Waals surface area contributed by atoms with Crippen LogP contribution >= 0.6 is 0 Å². The highest BCUT2D eigenvalue weighted by atomic mass is 16.1. The van der Waals surface area contributed by atoms with Crippen LogP contribution < -0.4 is 0 Å². The number of terminal acetylenes is 1. The Labute approximate surface area is 68.1 Å². The standard InChI is InChI=1S/C9H14NO/c1-5-9(11)7-8-10(3,4)6-2/h2,5H,1,7-8H2,3-4H3/q+1. The van der Waals surface area contributed by atoms with Crippen LogP contribution in [0.1, 0.15) is 6.42 Å². The maximum absolute atomic E-state index is 10.8. The van der Waals surface area contributed by atoms with Gasteiger partial charge < -0.3 is 0 Å². The Bertz CT molecular complexity index is 198. The predicted molar refractivity (Wildman–Crippen MR) is 45.6 cm³/mol. The highest BCUT2D eigenvalue weighted by Crippen LogP contribution is 1.96. The van der Waals surface area contributed by atoms with Crippen molar-refractivity contribution in [1.82, 2.24) is 0 Å². The lowest BCUT2D eigenvalue weighted by Gasteiger charge is -2.19. The van der Waals surface area contributed by atoms with Crippen molar-refractivity contribution in [3.05, 3.63) is 12.7 Å². The molecule has 0 amide bonds. The minimum absolute atomic E-state index is 0.0476. The van der Waals surface area contributed by atoms with Crippen LogP contribution in [0.2, 0.25) is 0 Å². The first-order chi connectivity index (χ1) is 5.02. The van der Waals surface area contributed by atoms with Crippen molar-refractivity contribution in [2.24, 2.45) is 0 Å². The van der Waals surface area contributed by atoms with E-state index in [1.165, 1.54) is 6.08 Å². The van der Waals surface area contributed by atoms with Gasteiger partial charge in [0.2, 0.25) is 0 Å². The Morgan fingerprint density at radius 2 is 2.27 bits per heavy atom. The van der Waals surface area contributed by atoms with Crippen LogP contribution in [-0.2, 0) is 4.79 Å². The van der Waals surface area contributed by atoms with Crippen molar-refractivity contribution in [1.29, 1.82) is 0 Å². The molecule has 0 aliphatic carbocycles. The zero-order valence-electron chi connectivity index (χ0n) is 7.13. The first-order valence-corrected chi connectivity index (χ1v) is 3.48. The molecule has 0 aliphatic heterocycles. The summed E-state index contributed by atoms with van der Waals surface area (Å²) >= 11 is 0. The van der Waals surface area contributed by atoms with Crippen LogP contribution in [0.5, 0.6) is 0 Å². The number of hydrogen-bond acceptors (Lipinski definition) is 1. The number of nitrogens with zero attached hydrogens (tertiary/aromatic N) is 1. The Morgan fingerprint density at radius 3 is 2.64 bits per heavy atom. The Kier molecular flexibility index (Phi) is 3.56. The molecular formula is C9H14NO+. The molecule has 0 radical (unpaired) electrons. The SMILES string of the molecule is C#C[N+](C)(C)CCC(=O)C=C. The highest BCUT2D eigenvalue weighted by molar-refractivity contribution is 5.89. The fourth-order valence-electron chi connectivity index (χ4n) is 0.556. The first kappa shape index (κ1) is 9.93. The average Bonchev–Trinajstić information content (AvgIpc) is 2.00. The lowest BCUT2D eigenvalue weighted by atomic mass is 10.2. The Balaban J connectivity index is 3.81. The van der Waals surface area contributed by atoms with Gasteiger partial charge in [0, 0.05) is 0 Å². The molecular weight excluding hydrogens is 138 g/mol. The second-order valence-corrected chi connectivity index (χ2v) is 2.96. The molecule has 2 nitrogen and oxygen atoms in total. The molecule has 0 atom stereocenters. The number of hydrogen-bond donors (Lipinski definition) is 0. The van der Waals surface area contributed by atoms with Crippen molar-refractivity contribution >= 4 is 5.78 Å². The van der Waals surface area contributed by atoms with Gasteiger partial charge in [0.15, 0.2) is 5.78 Å². The second kappa shape index (κ2) is 3.95. The largest absolute Gasteiger partial charge is 0.295 e. The summed E-state index contributed by atoms with van der Waals surface area (Å²) in [6.07, 6.45) is 7.02. The van der Waals surface area contributed by atoms with E-state index in [-0.39, 0.29) is 5.78 Å². The van der Waals surface area contributed by atoms with E-state index in [0.29, 0.717) is 17.4 Å². The minimum atomic E-state index is 0.0476. The number of carbonyl (C=O) groups is 1. The van der Waals surface area contributed by atoms with Crippen molar-refractivity contribution in [2.75, 3.05) is 20.6 Å². The molecule has 0 aromatic rings. The molecule has 0 saturated heterocycles. The smallest absolute Gasteiger partial charge is 0.160 e. The number of quaternary nitrogens is 1.